The van der Waals surface area contributed by atoms with Crippen molar-refractivity contribution in [3.8, 4) is 0 Å². The Labute approximate surface area is 191 Å². The van der Waals surface area contributed by atoms with Crippen molar-refractivity contribution in [1.29, 1.82) is 0 Å². The van der Waals surface area contributed by atoms with Crippen LogP contribution in [0.2, 0.25) is 0 Å². The van der Waals surface area contributed by atoms with Crippen LogP contribution in [-0.2, 0) is 19.2 Å². The lowest BCUT2D eigenvalue weighted by molar-refractivity contribution is -0.151. The summed E-state index contributed by atoms with van der Waals surface area (Å²) in [4.78, 5) is 52.7. The summed E-state index contributed by atoms with van der Waals surface area (Å²) in [5.74, 6) is -2.68. The lowest BCUT2D eigenvalue weighted by Crippen LogP contribution is -2.45. The van der Waals surface area contributed by atoms with E-state index in [4.69, 9.17) is 0 Å². The fourth-order valence-electron chi connectivity index (χ4n) is 5.13. The molecule has 32 heavy (non-hydrogen) atoms. The number of likely N-dealkylation sites (tertiary alicyclic amines) is 2. The quantitative estimate of drug-likeness (QED) is 0.442. The van der Waals surface area contributed by atoms with Gasteiger partial charge in [-0.1, -0.05) is 39.5 Å². The molecule has 2 amide bonds. The van der Waals surface area contributed by atoms with E-state index in [1.165, 1.54) is 9.80 Å². The summed E-state index contributed by atoms with van der Waals surface area (Å²) < 4.78 is 0. The molecule has 2 saturated heterocycles. The highest BCUT2D eigenvalue weighted by Crippen LogP contribution is 2.30. The molecule has 0 aliphatic carbocycles. The summed E-state index contributed by atoms with van der Waals surface area (Å²) in [7, 11) is 0. The normalized spacial score (nSPS) is 22.7. The molecule has 8 heteroatoms. The molecule has 0 aromatic carbocycles. The molecule has 0 radical (unpaired) electrons. The van der Waals surface area contributed by atoms with Crippen molar-refractivity contribution < 1.29 is 29.4 Å². The molecule has 8 nitrogen and oxygen atoms in total. The molecule has 2 rings (SSSR count). The van der Waals surface area contributed by atoms with Crippen LogP contribution in [0, 0.1) is 11.8 Å². The molecule has 0 saturated carbocycles. The number of unbranched alkanes of at least 4 members (excludes halogenated alkanes) is 2. The van der Waals surface area contributed by atoms with Crippen LogP contribution in [0.25, 0.3) is 0 Å². The summed E-state index contributed by atoms with van der Waals surface area (Å²) in [5, 5.41) is 19.0. The second kappa shape index (κ2) is 12.8. The Bertz CT molecular complexity index is 611. The van der Waals surface area contributed by atoms with Crippen molar-refractivity contribution >= 4 is 23.8 Å². The van der Waals surface area contributed by atoms with Gasteiger partial charge in [-0.05, 0) is 51.4 Å². The number of carboxylic acids is 2. The predicted octanol–water partition coefficient (Wildman–Crippen LogP) is 3.53. The van der Waals surface area contributed by atoms with E-state index in [1.54, 1.807) is 0 Å². The van der Waals surface area contributed by atoms with Crippen molar-refractivity contribution in [3.05, 3.63) is 0 Å². The number of rotatable bonds is 13. The Hall–Kier alpha value is -2.12. The monoisotopic (exact) mass is 452 g/mol. The molecule has 4 atom stereocenters. The van der Waals surface area contributed by atoms with Gasteiger partial charge in [0.2, 0.25) is 11.8 Å². The zero-order valence-electron chi connectivity index (χ0n) is 19.6. The van der Waals surface area contributed by atoms with Crippen LogP contribution in [-0.4, -0.2) is 68.9 Å². The molecule has 2 aliphatic rings. The molecule has 2 fully saturated rings. The highest BCUT2D eigenvalue weighted by Gasteiger charge is 2.39. The molecule has 0 aromatic heterocycles. The molecule has 2 aliphatic heterocycles. The summed E-state index contributed by atoms with van der Waals surface area (Å²) in [6, 6.07) is -1.49. The first-order valence-corrected chi connectivity index (χ1v) is 12.4. The van der Waals surface area contributed by atoms with E-state index in [0.717, 1.165) is 25.7 Å². The number of hydrogen-bond donors (Lipinski definition) is 2. The molecule has 2 N–H and O–H groups in total. The minimum atomic E-state index is -0.949. The van der Waals surface area contributed by atoms with Crippen LogP contribution in [0.5, 0.6) is 0 Å². The lowest BCUT2D eigenvalue weighted by Gasteiger charge is -2.30. The van der Waals surface area contributed by atoms with Gasteiger partial charge in [0, 0.05) is 24.9 Å². The molecule has 0 aromatic rings. The highest BCUT2D eigenvalue weighted by molar-refractivity contribution is 5.87. The maximum atomic E-state index is 13.2. The number of hydrogen-bond acceptors (Lipinski definition) is 4. The van der Waals surface area contributed by atoms with Crippen molar-refractivity contribution in [2.45, 2.75) is 103 Å². The van der Waals surface area contributed by atoms with E-state index in [-0.39, 0.29) is 23.7 Å². The van der Waals surface area contributed by atoms with Gasteiger partial charge in [0.15, 0.2) is 0 Å². The van der Waals surface area contributed by atoms with Gasteiger partial charge in [-0.2, -0.15) is 0 Å². The number of nitrogens with zero attached hydrogens (tertiary/aromatic N) is 2. The first-order valence-electron chi connectivity index (χ1n) is 12.4. The third-order valence-corrected chi connectivity index (χ3v) is 7.02. The summed E-state index contributed by atoms with van der Waals surface area (Å²) in [5.41, 5.74) is 0. The van der Waals surface area contributed by atoms with Crippen LogP contribution >= 0.6 is 0 Å². The molecule has 2 unspecified atom stereocenters. The Morgan fingerprint density at radius 2 is 1.09 bits per heavy atom. The average molecular weight is 453 g/mol. The molecule has 182 valence electrons. The van der Waals surface area contributed by atoms with E-state index in [1.807, 2.05) is 0 Å². The summed E-state index contributed by atoms with van der Waals surface area (Å²) in [6.45, 7) is 5.07. The van der Waals surface area contributed by atoms with E-state index < -0.39 is 24.0 Å². The molecule has 0 spiro atoms. The van der Waals surface area contributed by atoms with Crippen LogP contribution in [0.1, 0.15) is 90.9 Å². The Morgan fingerprint density at radius 3 is 1.41 bits per heavy atom. The summed E-state index contributed by atoms with van der Waals surface area (Å²) in [6.07, 6.45) is 8.47. The van der Waals surface area contributed by atoms with Crippen molar-refractivity contribution in [2.75, 3.05) is 13.1 Å². The van der Waals surface area contributed by atoms with Crippen molar-refractivity contribution in [2.24, 2.45) is 11.8 Å². The molecule has 2 heterocycles. The second-order valence-corrected chi connectivity index (χ2v) is 9.31. The zero-order chi connectivity index (χ0) is 23.7. The topological polar surface area (TPSA) is 115 Å². The first kappa shape index (κ1) is 26.1. The fourth-order valence-corrected chi connectivity index (χ4v) is 5.13. The second-order valence-electron chi connectivity index (χ2n) is 9.31. The van der Waals surface area contributed by atoms with Gasteiger partial charge in [-0.15, -0.1) is 0 Å². The van der Waals surface area contributed by atoms with Crippen molar-refractivity contribution in [3.63, 3.8) is 0 Å². The number of aliphatic carboxylic acids is 2. The van der Waals surface area contributed by atoms with E-state index >= 15 is 0 Å². The number of carbonyl (C=O) groups is 4. The Balaban J connectivity index is 2.10. The Morgan fingerprint density at radius 1 is 0.719 bits per heavy atom. The third-order valence-electron chi connectivity index (χ3n) is 7.02. The third kappa shape index (κ3) is 6.69. The lowest BCUT2D eigenvalue weighted by atomic mass is 9.87. The Kier molecular flexibility index (Phi) is 10.5. The van der Waals surface area contributed by atoms with E-state index in [0.29, 0.717) is 64.5 Å². The van der Waals surface area contributed by atoms with Crippen LogP contribution in [0.15, 0.2) is 0 Å². The summed E-state index contributed by atoms with van der Waals surface area (Å²) >= 11 is 0. The van der Waals surface area contributed by atoms with E-state index in [2.05, 4.69) is 13.8 Å². The van der Waals surface area contributed by atoms with Gasteiger partial charge in [0.25, 0.3) is 0 Å². The number of amides is 2. The minimum Gasteiger partial charge on any atom is -0.480 e. The van der Waals surface area contributed by atoms with Gasteiger partial charge in [-0.25, -0.2) is 9.59 Å². The van der Waals surface area contributed by atoms with Crippen molar-refractivity contribution in [1.82, 2.24) is 9.80 Å². The van der Waals surface area contributed by atoms with Gasteiger partial charge in [0.05, 0.1) is 0 Å². The van der Waals surface area contributed by atoms with Crippen LogP contribution in [0.3, 0.4) is 0 Å². The fraction of sp³-hybridized carbons (Fsp3) is 0.833. The maximum absolute atomic E-state index is 13.2. The average Bonchev–Trinajstić information content (AvgIpc) is 3.44. The maximum Gasteiger partial charge on any atom is 0.326 e. The standard InChI is InChI=1S/C24H40N2O6/c1-3-5-9-17(21(27)25-15-7-11-19(25)23(29)30)13-14-18(10-6-4-2)22(28)26-16-8-12-20(26)24(31)32/h17-20H,3-16H2,1-2H3,(H,29,30)(H,31,32)/t17?,18?,19-,20-/m1/s1. The zero-order valence-corrected chi connectivity index (χ0v) is 19.6. The number of carbonyl (C=O) groups excluding carboxylic acids is 2. The van der Waals surface area contributed by atoms with Gasteiger partial charge >= 0.3 is 11.9 Å². The van der Waals surface area contributed by atoms with Crippen LogP contribution in [0.4, 0.5) is 0 Å². The molecular weight excluding hydrogens is 412 g/mol. The van der Waals surface area contributed by atoms with E-state index in [9.17, 15) is 29.4 Å². The van der Waals surface area contributed by atoms with Gasteiger partial charge in [-0.3, -0.25) is 9.59 Å². The predicted molar refractivity (Wildman–Crippen MR) is 120 cm³/mol. The van der Waals surface area contributed by atoms with Gasteiger partial charge in [0.1, 0.15) is 12.1 Å². The van der Waals surface area contributed by atoms with Gasteiger partial charge < -0.3 is 20.0 Å². The highest BCUT2D eigenvalue weighted by atomic mass is 16.4. The molecular formula is C24H40N2O6. The van der Waals surface area contributed by atoms with Crippen LogP contribution < -0.4 is 0 Å². The first-order chi connectivity index (χ1) is 15.3. The molecule has 0 bridgehead atoms. The number of carboxylic acid groups (broad SMARTS) is 2. The smallest absolute Gasteiger partial charge is 0.326 e. The largest absolute Gasteiger partial charge is 0.480 e. The minimum absolute atomic E-state index is 0.102. The SMILES string of the molecule is CCCCC(CCC(CCCC)C(=O)N1CCC[C@@H]1C(=O)O)C(=O)N1CCC[C@@H]1C(=O)O.